The van der Waals surface area contributed by atoms with Gasteiger partial charge >= 0.3 is 0 Å². The van der Waals surface area contributed by atoms with Crippen molar-refractivity contribution in [1.82, 2.24) is 15.0 Å². The molecule has 3 aromatic heterocycles. The van der Waals surface area contributed by atoms with Crippen LogP contribution in [0.2, 0.25) is 0 Å². The Kier molecular flexibility index (Phi) is 7.36. The smallest absolute Gasteiger partial charge is 0.165 e. The van der Waals surface area contributed by atoms with E-state index >= 15 is 0 Å². The van der Waals surface area contributed by atoms with Gasteiger partial charge in [-0.25, -0.2) is 15.0 Å². The molecule has 8 aromatic carbocycles. The third-order valence-electron chi connectivity index (χ3n) is 10.5. The third kappa shape index (κ3) is 5.51. The number of fused-ring (bicyclic) bond motifs is 6. The Hall–Kier alpha value is -6.79. The molecule has 0 N–H and O–H groups in total. The van der Waals surface area contributed by atoms with Gasteiger partial charge in [0.15, 0.2) is 17.5 Å². The van der Waals surface area contributed by atoms with Crippen molar-refractivity contribution in [2.24, 2.45) is 0 Å². The van der Waals surface area contributed by atoms with Crippen LogP contribution in [0, 0.1) is 0 Å². The number of rotatable bonds is 6. The number of hydrogen-bond donors (Lipinski definition) is 0. The van der Waals surface area contributed by atoms with Crippen LogP contribution in [-0.4, -0.2) is 15.0 Å². The molecule has 0 radical (unpaired) electrons. The lowest BCUT2D eigenvalue weighted by Crippen LogP contribution is -2.02. The minimum atomic E-state index is 0.515. The average Bonchev–Trinajstić information content (AvgIpc) is 3.87. The Morgan fingerprint density at radius 1 is 0.304 bits per heavy atom. The monoisotopic (exact) mass is 751 g/mol. The summed E-state index contributed by atoms with van der Waals surface area (Å²) in [6, 6.07) is 61.4. The SMILES string of the molecule is [2H]c1cccc2c1sc1c(-c3ccc(-c4ccccc4-c4nc(-c5ccccc5-c5ccccc5)nc(-c5cccc6c5sc5c([2H])cccc56)n4)cc3)cccc12. The van der Waals surface area contributed by atoms with E-state index in [1.54, 1.807) is 22.7 Å². The fraction of sp³-hybridized carbons (Fsp3) is 0. The quantitative estimate of drug-likeness (QED) is 0.170. The summed E-state index contributed by atoms with van der Waals surface area (Å²) in [5.41, 5.74) is 9.23. The molecule has 0 aliphatic carbocycles. The largest absolute Gasteiger partial charge is 0.208 e. The molecular formula is C51H31N3S2. The van der Waals surface area contributed by atoms with Crippen LogP contribution < -0.4 is 0 Å². The third-order valence-corrected chi connectivity index (χ3v) is 12.8. The van der Waals surface area contributed by atoms with Crippen LogP contribution >= 0.6 is 22.7 Å². The molecule has 0 saturated carbocycles. The standard InChI is InChI=1S/C51H31N3S2/c1-2-14-32(15-3-1)35-16-4-6-20-42(35)49-52-50(54-51(53-49)44-25-13-24-41-39-19-9-11-27-46(39)56-48(41)44)43-21-7-5-17-36(43)33-28-30-34(31-29-33)37-22-12-23-40-38-18-8-10-26-45(38)55-47(37)40/h1-31H/i26D,27D. The van der Waals surface area contributed by atoms with Gasteiger partial charge in [-0.05, 0) is 51.5 Å². The van der Waals surface area contributed by atoms with E-state index in [1.165, 1.54) is 10.1 Å². The number of benzene rings is 8. The lowest BCUT2D eigenvalue weighted by molar-refractivity contribution is 1.08. The second kappa shape index (κ2) is 13.5. The molecule has 262 valence electrons. The van der Waals surface area contributed by atoms with Crippen LogP contribution in [0.1, 0.15) is 2.74 Å². The van der Waals surface area contributed by atoms with Gasteiger partial charge in [0.25, 0.3) is 0 Å². The highest BCUT2D eigenvalue weighted by Crippen LogP contribution is 2.43. The lowest BCUT2D eigenvalue weighted by atomic mass is 9.96. The van der Waals surface area contributed by atoms with Crippen LogP contribution in [0.5, 0.6) is 0 Å². The van der Waals surface area contributed by atoms with Gasteiger partial charge in [0, 0.05) is 57.0 Å². The van der Waals surface area contributed by atoms with Gasteiger partial charge in [0.1, 0.15) is 0 Å². The van der Waals surface area contributed by atoms with Crippen molar-refractivity contribution in [3.05, 3.63) is 188 Å². The minimum absolute atomic E-state index is 0.515. The summed E-state index contributed by atoms with van der Waals surface area (Å²) < 4.78 is 21.4. The van der Waals surface area contributed by atoms with Crippen molar-refractivity contribution in [2.45, 2.75) is 0 Å². The van der Waals surface area contributed by atoms with E-state index in [0.717, 1.165) is 80.3 Å². The summed E-state index contributed by atoms with van der Waals surface area (Å²) in [5, 5.41) is 4.47. The zero-order valence-corrected chi connectivity index (χ0v) is 31.5. The molecule has 11 rings (SSSR count). The lowest BCUT2D eigenvalue weighted by Gasteiger charge is -2.14. The Morgan fingerprint density at radius 2 is 0.679 bits per heavy atom. The molecule has 56 heavy (non-hydrogen) atoms. The predicted molar refractivity (Wildman–Crippen MR) is 238 cm³/mol. The van der Waals surface area contributed by atoms with Gasteiger partial charge in [-0.3, -0.25) is 0 Å². The molecule has 0 atom stereocenters. The summed E-state index contributed by atoms with van der Waals surface area (Å²) in [5.74, 6) is 1.77. The van der Waals surface area contributed by atoms with Crippen molar-refractivity contribution >= 4 is 63.0 Å². The first-order chi connectivity index (χ1) is 28.6. The first-order valence-corrected chi connectivity index (χ1v) is 20.2. The van der Waals surface area contributed by atoms with Gasteiger partial charge in [0.05, 0.1) is 2.74 Å². The van der Waals surface area contributed by atoms with Crippen molar-refractivity contribution in [1.29, 1.82) is 0 Å². The van der Waals surface area contributed by atoms with E-state index in [9.17, 15) is 0 Å². The van der Waals surface area contributed by atoms with Crippen LogP contribution in [0.25, 0.3) is 108 Å². The normalized spacial score (nSPS) is 12.1. The molecule has 0 amide bonds. The van der Waals surface area contributed by atoms with E-state index in [-0.39, 0.29) is 0 Å². The zero-order valence-electron chi connectivity index (χ0n) is 31.9. The molecule has 0 saturated heterocycles. The van der Waals surface area contributed by atoms with Crippen molar-refractivity contribution in [3.63, 3.8) is 0 Å². The van der Waals surface area contributed by atoms with Crippen molar-refractivity contribution in [3.8, 4) is 67.5 Å². The van der Waals surface area contributed by atoms with Gasteiger partial charge < -0.3 is 0 Å². The fourth-order valence-corrected chi connectivity index (χ4v) is 10.2. The topological polar surface area (TPSA) is 38.7 Å². The first kappa shape index (κ1) is 30.5. The number of hydrogen-bond acceptors (Lipinski definition) is 5. The fourth-order valence-electron chi connectivity index (χ4n) is 7.81. The summed E-state index contributed by atoms with van der Waals surface area (Å²) in [4.78, 5) is 15.8. The van der Waals surface area contributed by atoms with Crippen molar-refractivity contribution < 1.29 is 2.74 Å². The molecule has 3 nitrogen and oxygen atoms in total. The van der Waals surface area contributed by atoms with Crippen LogP contribution in [0.4, 0.5) is 0 Å². The van der Waals surface area contributed by atoms with E-state index in [2.05, 4.69) is 133 Å². The van der Waals surface area contributed by atoms with Crippen molar-refractivity contribution in [2.75, 3.05) is 0 Å². The number of thiophene rings is 2. The highest BCUT2D eigenvalue weighted by atomic mass is 32.1. The zero-order chi connectivity index (χ0) is 38.7. The van der Waals surface area contributed by atoms with E-state index in [0.29, 0.717) is 29.6 Å². The average molecular weight is 752 g/mol. The first-order valence-electron chi connectivity index (χ1n) is 19.5. The molecule has 11 aromatic rings. The maximum atomic E-state index is 8.67. The van der Waals surface area contributed by atoms with Gasteiger partial charge in [-0.15, -0.1) is 22.7 Å². The summed E-state index contributed by atoms with van der Waals surface area (Å²) in [6.45, 7) is 0. The molecule has 5 heteroatoms. The maximum absolute atomic E-state index is 8.67. The number of nitrogens with zero attached hydrogens (tertiary/aromatic N) is 3. The van der Waals surface area contributed by atoms with Gasteiger partial charge in [0.2, 0.25) is 0 Å². The van der Waals surface area contributed by atoms with Gasteiger partial charge in [-0.2, -0.15) is 0 Å². The van der Waals surface area contributed by atoms with Crippen LogP contribution in [-0.2, 0) is 0 Å². The molecule has 0 unspecified atom stereocenters. The number of aromatic nitrogens is 3. The highest BCUT2D eigenvalue weighted by molar-refractivity contribution is 7.26. The highest BCUT2D eigenvalue weighted by Gasteiger charge is 2.20. The molecule has 0 fully saturated rings. The van der Waals surface area contributed by atoms with E-state index in [1.807, 2.05) is 42.5 Å². The molecule has 0 bridgehead atoms. The maximum Gasteiger partial charge on any atom is 0.165 e. The Bertz CT molecular complexity index is 3370. The van der Waals surface area contributed by atoms with Crippen LogP contribution in [0.3, 0.4) is 0 Å². The summed E-state index contributed by atoms with van der Waals surface area (Å²) in [7, 11) is 0. The van der Waals surface area contributed by atoms with Gasteiger partial charge in [-0.1, -0.05) is 170 Å². The van der Waals surface area contributed by atoms with E-state index < -0.39 is 0 Å². The second-order valence-electron chi connectivity index (χ2n) is 13.7. The molecule has 0 aliphatic rings. The minimum Gasteiger partial charge on any atom is -0.208 e. The Labute approximate surface area is 334 Å². The summed E-state index contributed by atoms with van der Waals surface area (Å²) in [6.07, 6.45) is 0. The predicted octanol–water partition coefficient (Wildman–Crippen LogP) is 14.6. The second-order valence-corrected chi connectivity index (χ2v) is 15.8. The Balaban J connectivity index is 1.08. The van der Waals surface area contributed by atoms with E-state index in [4.69, 9.17) is 17.7 Å². The summed E-state index contributed by atoms with van der Waals surface area (Å²) >= 11 is 3.31. The molecule has 0 spiro atoms. The van der Waals surface area contributed by atoms with Crippen LogP contribution in [0.15, 0.2) is 188 Å². The molecule has 3 heterocycles. The Morgan fingerprint density at radius 3 is 1.23 bits per heavy atom. The molecular weight excluding hydrogens is 719 g/mol. The molecule has 0 aliphatic heterocycles.